The third-order valence-corrected chi connectivity index (χ3v) is 4.74. The minimum Gasteiger partial charge on any atom is -0.355 e. The molecule has 5 nitrogen and oxygen atoms in total. The maximum atomic E-state index is 12.4. The van der Waals surface area contributed by atoms with Crippen LogP contribution in [0.15, 0.2) is 24.3 Å². The van der Waals surface area contributed by atoms with Gasteiger partial charge < -0.3 is 10.2 Å². The highest BCUT2D eigenvalue weighted by molar-refractivity contribution is 6.42. The predicted molar refractivity (Wildman–Crippen MR) is 102 cm³/mol. The second-order valence-corrected chi connectivity index (χ2v) is 6.73. The number of benzene rings is 1. The van der Waals surface area contributed by atoms with Gasteiger partial charge in [-0.1, -0.05) is 29.3 Å². The Labute approximate surface area is 158 Å². The number of likely N-dealkylation sites (N-methyl/N-ethyl adjacent to an activating group) is 1. The Kier molecular flexibility index (Phi) is 7.75. The molecule has 1 fully saturated rings. The fraction of sp³-hybridized carbons (Fsp3) is 0.444. The van der Waals surface area contributed by atoms with Crippen molar-refractivity contribution in [1.29, 1.82) is 0 Å². The van der Waals surface area contributed by atoms with Crippen LogP contribution in [-0.2, 0) is 9.59 Å². The molecule has 0 saturated carbocycles. The van der Waals surface area contributed by atoms with Gasteiger partial charge in [-0.15, -0.1) is 0 Å². The van der Waals surface area contributed by atoms with E-state index in [1.54, 1.807) is 24.3 Å². The Morgan fingerprint density at radius 3 is 2.68 bits per heavy atom. The maximum absolute atomic E-state index is 12.4. The van der Waals surface area contributed by atoms with Crippen LogP contribution in [0.2, 0.25) is 10.0 Å². The van der Waals surface area contributed by atoms with Crippen molar-refractivity contribution in [1.82, 2.24) is 15.1 Å². The van der Waals surface area contributed by atoms with E-state index in [2.05, 4.69) is 10.2 Å². The minimum absolute atomic E-state index is 0.0294. The molecule has 1 heterocycles. The first-order chi connectivity index (χ1) is 12.0. The normalized spacial score (nSPS) is 16.0. The first-order valence-electron chi connectivity index (χ1n) is 8.40. The number of carbonyl (C=O) groups is 2. The topological polar surface area (TPSA) is 52.7 Å². The quantitative estimate of drug-likeness (QED) is 0.795. The molecule has 2 amide bonds. The van der Waals surface area contributed by atoms with E-state index in [4.69, 9.17) is 23.2 Å². The van der Waals surface area contributed by atoms with Gasteiger partial charge in [-0.05, 0) is 37.1 Å². The van der Waals surface area contributed by atoms with E-state index in [1.807, 2.05) is 17.9 Å². The van der Waals surface area contributed by atoms with Gasteiger partial charge in [-0.3, -0.25) is 14.5 Å². The van der Waals surface area contributed by atoms with Gasteiger partial charge in [0, 0.05) is 38.8 Å². The zero-order valence-corrected chi connectivity index (χ0v) is 15.8. The van der Waals surface area contributed by atoms with Crippen LogP contribution in [0, 0.1) is 0 Å². The maximum Gasteiger partial charge on any atom is 0.246 e. The standard InChI is InChI=1S/C18H23Cl2N3O2/c1-2-21-17(24)13-22-8-3-9-23(11-10-22)18(25)7-5-14-4-6-15(19)16(20)12-14/h4-7,12H,2-3,8-11,13H2,1H3,(H,21,24)/b7-5+. The molecule has 0 spiro atoms. The first-order valence-corrected chi connectivity index (χ1v) is 9.16. The summed E-state index contributed by atoms with van der Waals surface area (Å²) in [6.07, 6.45) is 4.15. The molecule has 25 heavy (non-hydrogen) atoms. The number of nitrogens with zero attached hydrogens (tertiary/aromatic N) is 2. The van der Waals surface area contributed by atoms with Gasteiger partial charge in [0.1, 0.15) is 0 Å². The summed E-state index contributed by atoms with van der Waals surface area (Å²) in [6.45, 7) is 5.74. The lowest BCUT2D eigenvalue weighted by Gasteiger charge is -2.20. The molecule has 0 aromatic heterocycles. The SMILES string of the molecule is CCNC(=O)CN1CCCN(C(=O)/C=C/c2ccc(Cl)c(Cl)c2)CC1. The van der Waals surface area contributed by atoms with Crippen LogP contribution in [0.4, 0.5) is 0 Å². The predicted octanol–water partition coefficient (Wildman–Crippen LogP) is 2.68. The average Bonchev–Trinajstić information content (AvgIpc) is 2.81. The van der Waals surface area contributed by atoms with Crippen LogP contribution in [0.5, 0.6) is 0 Å². The molecular weight excluding hydrogens is 361 g/mol. The molecule has 2 rings (SSSR count). The van der Waals surface area contributed by atoms with Crippen molar-refractivity contribution in [2.75, 3.05) is 39.3 Å². The van der Waals surface area contributed by atoms with E-state index in [0.717, 1.165) is 18.5 Å². The summed E-state index contributed by atoms with van der Waals surface area (Å²) < 4.78 is 0. The smallest absolute Gasteiger partial charge is 0.246 e. The van der Waals surface area contributed by atoms with E-state index in [9.17, 15) is 9.59 Å². The first kappa shape index (κ1) is 19.8. The van der Waals surface area contributed by atoms with E-state index in [0.29, 0.717) is 42.8 Å². The lowest BCUT2D eigenvalue weighted by molar-refractivity contribution is -0.125. The number of halogens is 2. The largest absolute Gasteiger partial charge is 0.355 e. The summed E-state index contributed by atoms with van der Waals surface area (Å²) in [5.41, 5.74) is 0.829. The molecule has 0 aliphatic carbocycles. The number of rotatable bonds is 5. The molecule has 1 N–H and O–H groups in total. The van der Waals surface area contributed by atoms with Gasteiger partial charge in [0.2, 0.25) is 11.8 Å². The lowest BCUT2D eigenvalue weighted by atomic mass is 10.2. The third kappa shape index (κ3) is 6.34. The molecule has 0 bridgehead atoms. The second-order valence-electron chi connectivity index (χ2n) is 5.92. The zero-order chi connectivity index (χ0) is 18.2. The Bertz CT molecular complexity index is 649. The summed E-state index contributed by atoms with van der Waals surface area (Å²) in [4.78, 5) is 28.0. The Morgan fingerprint density at radius 1 is 1.16 bits per heavy atom. The van der Waals surface area contributed by atoms with Crippen LogP contribution in [0.25, 0.3) is 6.08 Å². The summed E-state index contributed by atoms with van der Waals surface area (Å²) >= 11 is 11.9. The fourth-order valence-electron chi connectivity index (χ4n) is 2.69. The van der Waals surface area contributed by atoms with Crippen LogP contribution >= 0.6 is 23.2 Å². The Morgan fingerprint density at radius 2 is 1.96 bits per heavy atom. The molecule has 0 atom stereocenters. The molecule has 1 saturated heterocycles. The molecule has 136 valence electrons. The Balaban J connectivity index is 1.88. The van der Waals surface area contributed by atoms with Crippen LogP contribution in [-0.4, -0.2) is 60.9 Å². The van der Waals surface area contributed by atoms with Crippen molar-refractivity contribution < 1.29 is 9.59 Å². The van der Waals surface area contributed by atoms with Gasteiger partial charge in [0.05, 0.1) is 16.6 Å². The molecular formula is C18H23Cl2N3O2. The zero-order valence-electron chi connectivity index (χ0n) is 14.3. The average molecular weight is 384 g/mol. The number of amides is 2. The van der Waals surface area contributed by atoms with Crippen LogP contribution < -0.4 is 5.32 Å². The van der Waals surface area contributed by atoms with Crippen molar-refractivity contribution in [2.24, 2.45) is 0 Å². The lowest BCUT2D eigenvalue weighted by Crippen LogP contribution is -2.39. The minimum atomic E-state index is -0.0362. The van der Waals surface area contributed by atoms with E-state index in [-0.39, 0.29) is 11.8 Å². The van der Waals surface area contributed by atoms with Gasteiger partial charge in [-0.2, -0.15) is 0 Å². The summed E-state index contributed by atoms with van der Waals surface area (Å²) in [5, 5.41) is 3.76. The van der Waals surface area contributed by atoms with Crippen molar-refractivity contribution in [3.05, 3.63) is 39.9 Å². The van der Waals surface area contributed by atoms with E-state index >= 15 is 0 Å². The molecule has 7 heteroatoms. The van der Waals surface area contributed by atoms with Crippen LogP contribution in [0.3, 0.4) is 0 Å². The third-order valence-electron chi connectivity index (χ3n) is 4.00. The van der Waals surface area contributed by atoms with Crippen molar-refractivity contribution >= 4 is 41.1 Å². The van der Waals surface area contributed by atoms with Gasteiger partial charge in [-0.25, -0.2) is 0 Å². The molecule has 1 aromatic carbocycles. The molecule has 1 aliphatic rings. The van der Waals surface area contributed by atoms with Gasteiger partial charge >= 0.3 is 0 Å². The van der Waals surface area contributed by atoms with Crippen molar-refractivity contribution in [3.63, 3.8) is 0 Å². The van der Waals surface area contributed by atoms with Gasteiger partial charge in [0.25, 0.3) is 0 Å². The second kappa shape index (κ2) is 9.80. The summed E-state index contributed by atoms with van der Waals surface area (Å²) in [6, 6.07) is 5.25. The highest BCUT2D eigenvalue weighted by Gasteiger charge is 2.18. The number of carbonyl (C=O) groups excluding carboxylic acids is 2. The molecule has 0 unspecified atom stereocenters. The van der Waals surface area contributed by atoms with Gasteiger partial charge in [0.15, 0.2) is 0 Å². The van der Waals surface area contributed by atoms with Crippen molar-refractivity contribution in [3.8, 4) is 0 Å². The number of hydrogen-bond donors (Lipinski definition) is 1. The van der Waals surface area contributed by atoms with E-state index in [1.165, 1.54) is 0 Å². The summed E-state index contributed by atoms with van der Waals surface area (Å²) in [7, 11) is 0. The highest BCUT2D eigenvalue weighted by Crippen LogP contribution is 2.23. The molecule has 1 aromatic rings. The highest BCUT2D eigenvalue weighted by atomic mass is 35.5. The van der Waals surface area contributed by atoms with Crippen LogP contribution in [0.1, 0.15) is 18.9 Å². The van der Waals surface area contributed by atoms with E-state index < -0.39 is 0 Å². The fourth-order valence-corrected chi connectivity index (χ4v) is 3.00. The number of nitrogens with one attached hydrogen (secondary N) is 1. The Hall–Kier alpha value is -1.56. The number of hydrogen-bond acceptors (Lipinski definition) is 3. The monoisotopic (exact) mass is 383 g/mol. The van der Waals surface area contributed by atoms with Crippen molar-refractivity contribution in [2.45, 2.75) is 13.3 Å². The molecule has 0 radical (unpaired) electrons. The molecule has 1 aliphatic heterocycles. The summed E-state index contributed by atoms with van der Waals surface area (Å²) in [5.74, 6) is -0.00674.